The molecular weight excluding hydrogens is 260 g/mol. The van der Waals surface area contributed by atoms with Gasteiger partial charge in [-0.2, -0.15) is 0 Å². The van der Waals surface area contributed by atoms with Gasteiger partial charge in [0.25, 0.3) is 5.91 Å². The second-order valence-corrected chi connectivity index (χ2v) is 5.73. The molecule has 0 radical (unpaired) electrons. The Morgan fingerprint density at radius 1 is 1.42 bits per heavy atom. The van der Waals surface area contributed by atoms with Crippen LogP contribution in [0.5, 0.6) is 0 Å². The van der Waals surface area contributed by atoms with Gasteiger partial charge in [0, 0.05) is 16.6 Å². The van der Waals surface area contributed by atoms with Gasteiger partial charge >= 0.3 is 0 Å². The lowest BCUT2D eigenvalue weighted by Crippen LogP contribution is -2.44. The SMILES string of the molecule is Cc1ccc(C(=O)NC2CCCCC2CN)cc1Cl. The number of amides is 1. The molecule has 1 aliphatic rings. The van der Waals surface area contributed by atoms with Gasteiger partial charge in [-0.15, -0.1) is 0 Å². The molecule has 0 heterocycles. The Morgan fingerprint density at radius 2 is 2.16 bits per heavy atom. The Bertz CT molecular complexity index is 461. The summed E-state index contributed by atoms with van der Waals surface area (Å²) >= 11 is 6.06. The highest BCUT2D eigenvalue weighted by Gasteiger charge is 2.25. The van der Waals surface area contributed by atoms with Crippen LogP contribution >= 0.6 is 11.6 Å². The van der Waals surface area contributed by atoms with Crippen molar-refractivity contribution in [2.24, 2.45) is 11.7 Å². The van der Waals surface area contributed by atoms with Crippen LogP contribution in [0.25, 0.3) is 0 Å². The van der Waals surface area contributed by atoms with Gasteiger partial charge in [0.15, 0.2) is 0 Å². The van der Waals surface area contributed by atoms with E-state index in [1.165, 1.54) is 6.42 Å². The summed E-state index contributed by atoms with van der Waals surface area (Å²) in [6.07, 6.45) is 4.50. The number of hydrogen-bond acceptors (Lipinski definition) is 2. The maximum atomic E-state index is 12.2. The van der Waals surface area contributed by atoms with Crippen LogP contribution < -0.4 is 11.1 Å². The van der Waals surface area contributed by atoms with Gasteiger partial charge in [-0.05, 0) is 49.9 Å². The van der Waals surface area contributed by atoms with Crippen molar-refractivity contribution in [3.05, 3.63) is 34.3 Å². The highest BCUT2D eigenvalue weighted by Crippen LogP contribution is 2.24. The lowest BCUT2D eigenvalue weighted by molar-refractivity contribution is 0.0908. The summed E-state index contributed by atoms with van der Waals surface area (Å²) in [5.74, 6) is 0.353. The Morgan fingerprint density at radius 3 is 2.84 bits per heavy atom. The summed E-state index contributed by atoms with van der Waals surface area (Å²) in [7, 11) is 0. The van der Waals surface area contributed by atoms with E-state index in [1.54, 1.807) is 6.07 Å². The zero-order valence-corrected chi connectivity index (χ0v) is 12.0. The van der Waals surface area contributed by atoms with Crippen molar-refractivity contribution in [2.75, 3.05) is 6.54 Å². The van der Waals surface area contributed by atoms with E-state index in [-0.39, 0.29) is 11.9 Å². The van der Waals surface area contributed by atoms with Gasteiger partial charge in [-0.3, -0.25) is 4.79 Å². The molecule has 1 saturated carbocycles. The molecule has 2 rings (SSSR count). The summed E-state index contributed by atoms with van der Waals surface area (Å²) in [5, 5.41) is 3.74. The Kier molecular flexibility index (Phi) is 4.83. The van der Waals surface area contributed by atoms with Crippen LogP contribution in [0.3, 0.4) is 0 Å². The van der Waals surface area contributed by atoms with Crippen LogP contribution in [-0.4, -0.2) is 18.5 Å². The maximum Gasteiger partial charge on any atom is 0.251 e. The van der Waals surface area contributed by atoms with Crippen LogP contribution in [0.2, 0.25) is 5.02 Å². The van der Waals surface area contributed by atoms with E-state index >= 15 is 0 Å². The third-order valence-electron chi connectivity index (χ3n) is 3.96. The predicted octanol–water partition coefficient (Wildman–Crippen LogP) is 2.90. The van der Waals surface area contributed by atoms with E-state index in [0.717, 1.165) is 24.8 Å². The molecule has 0 aliphatic heterocycles. The van der Waals surface area contributed by atoms with Crippen LogP contribution in [0.4, 0.5) is 0 Å². The fourth-order valence-corrected chi connectivity index (χ4v) is 2.85. The van der Waals surface area contributed by atoms with Gasteiger partial charge in [0.1, 0.15) is 0 Å². The van der Waals surface area contributed by atoms with E-state index in [1.807, 2.05) is 19.1 Å². The average molecular weight is 281 g/mol. The molecule has 19 heavy (non-hydrogen) atoms. The standard InChI is InChI=1S/C15H21ClN2O/c1-10-6-7-11(8-13(10)16)15(19)18-14-5-3-2-4-12(14)9-17/h6-8,12,14H,2-5,9,17H2,1H3,(H,18,19). The quantitative estimate of drug-likeness (QED) is 0.894. The summed E-state index contributed by atoms with van der Waals surface area (Å²) in [4.78, 5) is 12.2. The van der Waals surface area contributed by atoms with E-state index in [9.17, 15) is 4.79 Å². The molecule has 1 amide bonds. The van der Waals surface area contributed by atoms with E-state index < -0.39 is 0 Å². The van der Waals surface area contributed by atoms with Crippen LogP contribution in [0, 0.1) is 12.8 Å². The Balaban J connectivity index is 2.05. The number of aryl methyl sites for hydroxylation is 1. The first-order chi connectivity index (χ1) is 9.11. The molecule has 104 valence electrons. The predicted molar refractivity (Wildman–Crippen MR) is 78.5 cm³/mol. The first-order valence-electron chi connectivity index (χ1n) is 6.89. The molecule has 0 bridgehead atoms. The van der Waals surface area contributed by atoms with Crippen molar-refractivity contribution in [2.45, 2.75) is 38.6 Å². The Hall–Kier alpha value is -1.06. The molecule has 0 spiro atoms. The van der Waals surface area contributed by atoms with Crippen molar-refractivity contribution in [3.63, 3.8) is 0 Å². The number of carbonyl (C=O) groups excluding carboxylic acids is 1. The lowest BCUT2D eigenvalue weighted by atomic mass is 9.84. The summed E-state index contributed by atoms with van der Waals surface area (Å²) in [5.41, 5.74) is 7.38. The summed E-state index contributed by atoms with van der Waals surface area (Å²) < 4.78 is 0. The molecule has 0 saturated heterocycles. The topological polar surface area (TPSA) is 55.1 Å². The summed E-state index contributed by atoms with van der Waals surface area (Å²) in [6.45, 7) is 2.56. The monoisotopic (exact) mass is 280 g/mol. The fourth-order valence-electron chi connectivity index (χ4n) is 2.67. The van der Waals surface area contributed by atoms with Gasteiger partial charge in [0.2, 0.25) is 0 Å². The molecule has 1 aromatic rings. The first kappa shape index (κ1) is 14.4. The third kappa shape index (κ3) is 3.48. The highest BCUT2D eigenvalue weighted by atomic mass is 35.5. The van der Waals surface area contributed by atoms with Gasteiger partial charge in [0.05, 0.1) is 0 Å². The highest BCUT2D eigenvalue weighted by molar-refractivity contribution is 6.31. The largest absolute Gasteiger partial charge is 0.349 e. The van der Waals surface area contributed by atoms with Gasteiger partial charge in [-0.1, -0.05) is 30.5 Å². The number of nitrogens with two attached hydrogens (primary N) is 1. The number of carbonyl (C=O) groups is 1. The van der Waals surface area contributed by atoms with Crippen LogP contribution in [0.15, 0.2) is 18.2 Å². The smallest absolute Gasteiger partial charge is 0.251 e. The second kappa shape index (κ2) is 6.40. The van der Waals surface area contributed by atoms with E-state index in [2.05, 4.69) is 5.32 Å². The van der Waals surface area contributed by atoms with Crippen molar-refractivity contribution >= 4 is 17.5 Å². The van der Waals surface area contributed by atoms with Crippen molar-refractivity contribution in [1.82, 2.24) is 5.32 Å². The number of nitrogens with one attached hydrogen (secondary N) is 1. The third-order valence-corrected chi connectivity index (χ3v) is 4.37. The van der Waals surface area contributed by atoms with E-state index in [0.29, 0.717) is 23.0 Å². The van der Waals surface area contributed by atoms with E-state index in [4.69, 9.17) is 17.3 Å². The molecule has 0 aromatic heterocycles. The van der Waals surface area contributed by atoms with Gasteiger partial charge < -0.3 is 11.1 Å². The summed E-state index contributed by atoms with van der Waals surface area (Å²) in [6, 6.07) is 5.62. The maximum absolute atomic E-state index is 12.2. The lowest BCUT2D eigenvalue weighted by Gasteiger charge is -2.31. The van der Waals surface area contributed by atoms with Crippen LogP contribution in [0.1, 0.15) is 41.6 Å². The zero-order chi connectivity index (χ0) is 13.8. The van der Waals surface area contributed by atoms with Crippen LogP contribution in [-0.2, 0) is 0 Å². The zero-order valence-electron chi connectivity index (χ0n) is 11.3. The second-order valence-electron chi connectivity index (χ2n) is 5.32. The van der Waals surface area contributed by atoms with Crippen molar-refractivity contribution in [1.29, 1.82) is 0 Å². The average Bonchev–Trinajstić information content (AvgIpc) is 2.42. The van der Waals surface area contributed by atoms with Crippen molar-refractivity contribution in [3.8, 4) is 0 Å². The Labute approximate surface area is 119 Å². The molecule has 4 heteroatoms. The van der Waals surface area contributed by atoms with Gasteiger partial charge in [-0.25, -0.2) is 0 Å². The minimum atomic E-state index is -0.0488. The molecule has 3 N–H and O–H groups in total. The first-order valence-corrected chi connectivity index (χ1v) is 7.26. The number of benzene rings is 1. The molecule has 2 unspecified atom stereocenters. The minimum absolute atomic E-state index is 0.0488. The molecule has 2 atom stereocenters. The molecular formula is C15H21ClN2O. The number of hydrogen-bond donors (Lipinski definition) is 2. The normalized spacial score (nSPS) is 23.1. The fraction of sp³-hybridized carbons (Fsp3) is 0.533. The molecule has 3 nitrogen and oxygen atoms in total. The molecule has 1 fully saturated rings. The minimum Gasteiger partial charge on any atom is -0.349 e. The number of halogens is 1. The number of rotatable bonds is 3. The molecule has 1 aromatic carbocycles. The molecule has 1 aliphatic carbocycles. The van der Waals surface area contributed by atoms with Crippen molar-refractivity contribution < 1.29 is 4.79 Å².